The number of carbonyl (C=O) groups excluding carboxylic acids is 3. The van der Waals surface area contributed by atoms with Gasteiger partial charge in [0.1, 0.15) is 18.1 Å². The summed E-state index contributed by atoms with van der Waals surface area (Å²) in [6.07, 6.45) is 4.99. The van der Waals surface area contributed by atoms with Crippen LogP contribution in [-0.4, -0.2) is 89.8 Å². The predicted octanol–water partition coefficient (Wildman–Crippen LogP) is -1.85. The number of nitrogens with two attached hydrogens (primary N) is 1. The molecule has 1 aliphatic rings. The van der Waals surface area contributed by atoms with E-state index in [0.29, 0.717) is 38.1 Å². The van der Waals surface area contributed by atoms with E-state index in [1.54, 1.807) is 0 Å². The van der Waals surface area contributed by atoms with Crippen LogP contribution in [0.1, 0.15) is 38.5 Å². The first-order valence-corrected chi connectivity index (χ1v) is 11.9. The van der Waals surface area contributed by atoms with E-state index in [9.17, 15) is 29.4 Å². The predicted molar refractivity (Wildman–Crippen MR) is 117 cm³/mol. The number of hydrogen-bond acceptors (Lipinski definition) is 8. The third-order valence-corrected chi connectivity index (χ3v) is 5.64. The van der Waals surface area contributed by atoms with Crippen LogP contribution in [0.4, 0.5) is 0 Å². The lowest BCUT2D eigenvalue weighted by atomic mass is 10.1. The number of aliphatic carboxylic acids is 1. The summed E-state index contributed by atoms with van der Waals surface area (Å²) >= 11 is 1.46. The molecule has 31 heavy (non-hydrogen) atoms. The summed E-state index contributed by atoms with van der Waals surface area (Å²) in [7, 11) is 0. The molecule has 4 unspecified atom stereocenters. The van der Waals surface area contributed by atoms with E-state index in [1.807, 2.05) is 6.26 Å². The van der Waals surface area contributed by atoms with Gasteiger partial charge >= 0.3 is 5.97 Å². The normalized spacial score (nSPS) is 18.6. The number of aliphatic hydroxyl groups is 1. The summed E-state index contributed by atoms with van der Waals surface area (Å²) in [6.45, 7) is 0.489. The highest BCUT2D eigenvalue weighted by Gasteiger charge is 2.30. The zero-order valence-electron chi connectivity index (χ0n) is 17.9. The van der Waals surface area contributed by atoms with Crippen LogP contribution in [0.2, 0.25) is 0 Å². The average molecular weight is 462 g/mol. The highest BCUT2D eigenvalue weighted by atomic mass is 32.2. The molecule has 0 aromatic carbocycles. The molecule has 1 rings (SSSR count). The van der Waals surface area contributed by atoms with Crippen molar-refractivity contribution in [3.8, 4) is 0 Å². The quantitative estimate of drug-likeness (QED) is 0.138. The molecule has 0 radical (unpaired) electrons. The summed E-state index contributed by atoms with van der Waals surface area (Å²) < 4.78 is 0. The lowest BCUT2D eigenvalue weighted by Gasteiger charge is -2.24. The number of unbranched alkanes of at least 4 members (excludes halogenated alkanes) is 1. The number of aliphatic hydroxyl groups excluding tert-OH is 1. The van der Waals surface area contributed by atoms with Crippen molar-refractivity contribution in [1.29, 1.82) is 0 Å². The van der Waals surface area contributed by atoms with E-state index in [2.05, 4.69) is 21.3 Å². The highest BCUT2D eigenvalue weighted by Crippen LogP contribution is 2.07. The molecule has 0 saturated carbocycles. The van der Waals surface area contributed by atoms with Gasteiger partial charge in [-0.2, -0.15) is 11.8 Å². The van der Waals surface area contributed by atoms with Crippen molar-refractivity contribution in [3.63, 3.8) is 0 Å². The van der Waals surface area contributed by atoms with Crippen molar-refractivity contribution in [2.24, 2.45) is 5.73 Å². The van der Waals surface area contributed by atoms with Gasteiger partial charge in [-0.3, -0.25) is 14.4 Å². The number of hydrogen-bond donors (Lipinski definition) is 7. The van der Waals surface area contributed by atoms with Gasteiger partial charge in [-0.1, -0.05) is 0 Å². The van der Waals surface area contributed by atoms with Gasteiger partial charge in [0.05, 0.1) is 12.6 Å². The topological polar surface area (TPSA) is 183 Å². The number of thioether (sulfide) groups is 1. The summed E-state index contributed by atoms with van der Waals surface area (Å²) in [5.41, 5.74) is 5.50. The Kier molecular flexibility index (Phi) is 13.1. The maximum absolute atomic E-state index is 12.7. The Labute approximate surface area is 186 Å². The molecule has 0 aromatic rings. The molecular formula is C19H35N5O6S. The number of rotatable bonds is 15. The zero-order chi connectivity index (χ0) is 23.2. The lowest BCUT2D eigenvalue weighted by Crippen LogP contribution is -2.58. The molecule has 1 heterocycles. The first kappa shape index (κ1) is 27.1. The van der Waals surface area contributed by atoms with Crippen molar-refractivity contribution in [3.05, 3.63) is 0 Å². The Balaban J connectivity index is 2.77. The fraction of sp³-hybridized carbons (Fsp3) is 0.789. The second-order valence-electron chi connectivity index (χ2n) is 7.42. The van der Waals surface area contributed by atoms with Gasteiger partial charge in [0.15, 0.2) is 0 Å². The molecule has 178 valence electrons. The minimum Gasteiger partial charge on any atom is -0.480 e. The van der Waals surface area contributed by atoms with Crippen molar-refractivity contribution in [2.75, 3.05) is 31.7 Å². The Morgan fingerprint density at radius 3 is 2.29 bits per heavy atom. The molecule has 11 nitrogen and oxygen atoms in total. The van der Waals surface area contributed by atoms with E-state index in [4.69, 9.17) is 5.73 Å². The summed E-state index contributed by atoms with van der Waals surface area (Å²) in [5.74, 6) is -2.33. The van der Waals surface area contributed by atoms with Gasteiger partial charge in [-0.25, -0.2) is 4.79 Å². The van der Waals surface area contributed by atoms with E-state index < -0.39 is 48.6 Å². The molecule has 8 N–H and O–H groups in total. The maximum atomic E-state index is 12.7. The fourth-order valence-electron chi connectivity index (χ4n) is 3.17. The molecule has 1 aliphatic heterocycles. The fourth-order valence-corrected chi connectivity index (χ4v) is 3.65. The molecule has 0 aliphatic carbocycles. The van der Waals surface area contributed by atoms with E-state index >= 15 is 0 Å². The average Bonchev–Trinajstić information content (AvgIpc) is 3.28. The Bertz CT molecular complexity index is 602. The minimum atomic E-state index is -1.22. The van der Waals surface area contributed by atoms with Gasteiger partial charge in [-0.15, -0.1) is 0 Å². The minimum absolute atomic E-state index is 0.245. The molecule has 1 fully saturated rings. The van der Waals surface area contributed by atoms with Gasteiger partial charge < -0.3 is 37.2 Å². The SMILES string of the molecule is CSCCC(NC(=O)C(CCCCN)NC(=O)C(CO)NC(=O)C1CCCN1)C(=O)O. The summed E-state index contributed by atoms with van der Waals surface area (Å²) in [6, 6.07) is -3.72. The summed E-state index contributed by atoms with van der Waals surface area (Å²) in [5, 5.41) is 29.4. The van der Waals surface area contributed by atoms with Crippen LogP contribution >= 0.6 is 11.8 Å². The van der Waals surface area contributed by atoms with Crippen LogP contribution in [0.25, 0.3) is 0 Å². The summed E-state index contributed by atoms with van der Waals surface area (Å²) in [4.78, 5) is 49.0. The van der Waals surface area contributed by atoms with E-state index in [0.717, 1.165) is 6.42 Å². The Hall–Kier alpha value is -1.89. The van der Waals surface area contributed by atoms with Gasteiger partial charge in [0.25, 0.3) is 0 Å². The maximum Gasteiger partial charge on any atom is 0.326 e. The van der Waals surface area contributed by atoms with Crippen LogP contribution < -0.4 is 27.0 Å². The first-order chi connectivity index (χ1) is 14.8. The molecule has 3 amide bonds. The third-order valence-electron chi connectivity index (χ3n) is 5.00. The van der Waals surface area contributed by atoms with Gasteiger partial charge in [0.2, 0.25) is 17.7 Å². The van der Waals surface area contributed by atoms with Crippen LogP contribution in [0, 0.1) is 0 Å². The van der Waals surface area contributed by atoms with Crippen LogP contribution in [-0.2, 0) is 19.2 Å². The number of carboxylic acid groups (broad SMARTS) is 1. The van der Waals surface area contributed by atoms with E-state index in [-0.39, 0.29) is 18.7 Å². The van der Waals surface area contributed by atoms with E-state index in [1.165, 1.54) is 11.8 Å². The van der Waals surface area contributed by atoms with Crippen LogP contribution in [0.3, 0.4) is 0 Å². The highest BCUT2D eigenvalue weighted by molar-refractivity contribution is 7.98. The number of amides is 3. The van der Waals surface area contributed by atoms with Crippen molar-refractivity contribution >= 4 is 35.5 Å². The standard InChI is InChI=1S/C19H35N5O6S/c1-31-10-7-14(19(29)30)23-17(27)13(5-2-3-8-20)22-18(28)15(11-25)24-16(26)12-6-4-9-21-12/h12-15,21,25H,2-11,20H2,1H3,(H,22,28)(H,23,27)(H,24,26)(H,29,30). The molecule has 0 aromatic heterocycles. The largest absolute Gasteiger partial charge is 0.480 e. The second kappa shape index (κ2) is 15.0. The molecule has 4 atom stereocenters. The number of nitrogens with one attached hydrogen (secondary N) is 4. The second-order valence-corrected chi connectivity index (χ2v) is 8.40. The van der Waals surface area contributed by atoms with Gasteiger partial charge in [-0.05, 0) is 63.6 Å². The molecule has 0 bridgehead atoms. The first-order valence-electron chi connectivity index (χ1n) is 10.5. The molecule has 1 saturated heterocycles. The number of carboxylic acids is 1. The Morgan fingerprint density at radius 1 is 1.06 bits per heavy atom. The third kappa shape index (κ3) is 9.85. The van der Waals surface area contributed by atoms with Gasteiger partial charge in [0, 0.05) is 0 Å². The van der Waals surface area contributed by atoms with Crippen LogP contribution in [0.5, 0.6) is 0 Å². The molecule has 0 spiro atoms. The zero-order valence-corrected chi connectivity index (χ0v) is 18.7. The Morgan fingerprint density at radius 2 is 1.74 bits per heavy atom. The smallest absolute Gasteiger partial charge is 0.326 e. The number of carbonyl (C=O) groups is 4. The molecule has 12 heteroatoms. The lowest BCUT2D eigenvalue weighted by molar-refractivity contribution is -0.142. The van der Waals surface area contributed by atoms with Crippen molar-refractivity contribution in [2.45, 2.75) is 62.7 Å². The van der Waals surface area contributed by atoms with Crippen molar-refractivity contribution < 1.29 is 29.4 Å². The van der Waals surface area contributed by atoms with Crippen LogP contribution in [0.15, 0.2) is 0 Å². The monoisotopic (exact) mass is 461 g/mol. The molecular weight excluding hydrogens is 426 g/mol. The van der Waals surface area contributed by atoms with Crippen molar-refractivity contribution in [1.82, 2.24) is 21.3 Å².